The molecule has 0 nitrogen and oxygen atoms in total. The molecule has 0 amide bonds. The third kappa shape index (κ3) is 2.66. The first-order valence-corrected chi connectivity index (χ1v) is 6.28. The van der Waals surface area contributed by atoms with Gasteiger partial charge in [-0.1, -0.05) is 6.92 Å². The SMILES string of the molecule is C[C@H]1CCC(C2CC(F)C(F)C(F)C2)=C(F)C1. The summed E-state index contributed by atoms with van der Waals surface area (Å²) in [4.78, 5) is 0. The van der Waals surface area contributed by atoms with Crippen LogP contribution in [-0.4, -0.2) is 18.5 Å². The minimum Gasteiger partial charge on any atom is -0.244 e. The van der Waals surface area contributed by atoms with Crippen molar-refractivity contribution in [3.63, 3.8) is 0 Å². The van der Waals surface area contributed by atoms with Crippen LogP contribution < -0.4 is 0 Å². The molecule has 0 aliphatic heterocycles. The summed E-state index contributed by atoms with van der Waals surface area (Å²) in [5.74, 6) is -0.372. The first-order valence-electron chi connectivity index (χ1n) is 6.28. The first-order chi connectivity index (χ1) is 7.99. The number of rotatable bonds is 1. The minimum absolute atomic E-state index is 0.0707. The maximum absolute atomic E-state index is 13.8. The summed E-state index contributed by atoms with van der Waals surface area (Å²) in [6.07, 6.45) is -3.97. The molecular weight excluding hydrogens is 232 g/mol. The van der Waals surface area contributed by atoms with Crippen molar-refractivity contribution in [2.75, 3.05) is 0 Å². The molecule has 1 fully saturated rings. The predicted molar refractivity (Wildman–Crippen MR) is 58.6 cm³/mol. The van der Waals surface area contributed by atoms with E-state index in [2.05, 4.69) is 0 Å². The van der Waals surface area contributed by atoms with Crippen molar-refractivity contribution in [1.29, 1.82) is 0 Å². The van der Waals surface area contributed by atoms with Gasteiger partial charge in [-0.25, -0.2) is 17.6 Å². The largest absolute Gasteiger partial charge is 0.244 e. The molecule has 0 N–H and O–H groups in total. The first kappa shape index (κ1) is 12.9. The summed E-state index contributed by atoms with van der Waals surface area (Å²) < 4.78 is 53.3. The molecule has 1 saturated carbocycles. The normalized spacial score (nSPS) is 43.9. The van der Waals surface area contributed by atoms with Gasteiger partial charge in [-0.05, 0) is 43.1 Å². The van der Waals surface area contributed by atoms with Gasteiger partial charge < -0.3 is 0 Å². The van der Waals surface area contributed by atoms with Gasteiger partial charge in [-0.15, -0.1) is 0 Å². The predicted octanol–water partition coefficient (Wildman–Crippen LogP) is 4.45. The van der Waals surface area contributed by atoms with E-state index in [1.165, 1.54) is 0 Å². The molecular formula is C13H18F4. The van der Waals surface area contributed by atoms with Crippen LogP contribution in [0.3, 0.4) is 0 Å². The highest BCUT2D eigenvalue weighted by Crippen LogP contribution is 2.42. The molecule has 2 aliphatic rings. The summed E-state index contributed by atoms with van der Waals surface area (Å²) in [5, 5.41) is 0. The van der Waals surface area contributed by atoms with Crippen LogP contribution in [0.1, 0.15) is 39.0 Å². The maximum atomic E-state index is 13.8. The van der Waals surface area contributed by atoms with Gasteiger partial charge in [0.05, 0.1) is 5.83 Å². The Labute approximate surface area is 99.1 Å². The summed E-state index contributed by atoms with van der Waals surface area (Å²) in [6.45, 7) is 1.96. The van der Waals surface area contributed by atoms with E-state index in [4.69, 9.17) is 0 Å². The van der Waals surface area contributed by atoms with Gasteiger partial charge in [0.1, 0.15) is 12.3 Å². The molecule has 0 heterocycles. The summed E-state index contributed by atoms with van der Waals surface area (Å²) in [5.41, 5.74) is 0.542. The number of halogens is 4. The highest BCUT2D eigenvalue weighted by Gasteiger charge is 2.41. The molecule has 0 saturated heterocycles. The monoisotopic (exact) mass is 250 g/mol. The van der Waals surface area contributed by atoms with Gasteiger partial charge in [0.25, 0.3) is 0 Å². The van der Waals surface area contributed by atoms with Crippen molar-refractivity contribution in [2.45, 2.75) is 57.5 Å². The lowest BCUT2D eigenvalue weighted by Gasteiger charge is -2.34. The van der Waals surface area contributed by atoms with Crippen LogP contribution in [0, 0.1) is 11.8 Å². The Morgan fingerprint density at radius 1 is 1.06 bits per heavy atom. The van der Waals surface area contributed by atoms with Crippen molar-refractivity contribution >= 4 is 0 Å². The van der Waals surface area contributed by atoms with Gasteiger partial charge in [0.2, 0.25) is 0 Å². The molecule has 2 aliphatic carbocycles. The number of hydrogen-bond acceptors (Lipinski definition) is 0. The molecule has 0 bridgehead atoms. The fourth-order valence-electron chi connectivity index (χ4n) is 2.91. The van der Waals surface area contributed by atoms with Crippen molar-refractivity contribution in [1.82, 2.24) is 0 Å². The second-order valence-electron chi connectivity index (χ2n) is 5.42. The number of hydrogen-bond donors (Lipinski definition) is 0. The average molecular weight is 250 g/mol. The van der Waals surface area contributed by atoms with E-state index in [0.717, 1.165) is 6.42 Å². The lowest BCUT2D eigenvalue weighted by Crippen LogP contribution is -2.38. The molecule has 0 radical (unpaired) electrons. The summed E-state index contributed by atoms with van der Waals surface area (Å²) >= 11 is 0. The lowest BCUT2D eigenvalue weighted by atomic mass is 9.75. The molecule has 4 heteroatoms. The summed E-state index contributed by atoms with van der Waals surface area (Å²) in [6, 6.07) is 0. The Morgan fingerprint density at radius 3 is 2.18 bits per heavy atom. The van der Waals surface area contributed by atoms with Crippen molar-refractivity contribution < 1.29 is 17.6 Å². The van der Waals surface area contributed by atoms with Crippen LogP contribution in [0.15, 0.2) is 11.4 Å². The van der Waals surface area contributed by atoms with Crippen molar-refractivity contribution in [3.05, 3.63) is 11.4 Å². The van der Waals surface area contributed by atoms with E-state index in [-0.39, 0.29) is 18.7 Å². The smallest absolute Gasteiger partial charge is 0.162 e. The second-order valence-corrected chi connectivity index (χ2v) is 5.42. The van der Waals surface area contributed by atoms with E-state index >= 15 is 0 Å². The van der Waals surface area contributed by atoms with Gasteiger partial charge in [-0.3, -0.25) is 0 Å². The Balaban J connectivity index is 2.10. The fraction of sp³-hybridized carbons (Fsp3) is 0.846. The summed E-state index contributed by atoms with van der Waals surface area (Å²) in [7, 11) is 0. The Bertz CT molecular complexity index is 301. The Morgan fingerprint density at radius 2 is 1.65 bits per heavy atom. The third-order valence-electron chi connectivity index (χ3n) is 3.99. The zero-order chi connectivity index (χ0) is 12.6. The lowest BCUT2D eigenvalue weighted by molar-refractivity contribution is 0.0239. The fourth-order valence-corrected chi connectivity index (χ4v) is 2.91. The van der Waals surface area contributed by atoms with Crippen molar-refractivity contribution in [2.24, 2.45) is 11.8 Å². The maximum Gasteiger partial charge on any atom is 0.162 e. The van der Waals surface area contributed by atoms with Crippen molar-refractivity contribution in [3.8, 4) is 0 Å². The van der Waals surface area contributed by atoms with E-state index in [1.807, 2.05) is 6.92 Å². The highest BCUT2D eigenvalue weighted by atomic mass is 19.2. The van der Waals surface area contributed by atoms with E-state index in [0.29, 0.717) is 24.3 Å². The van der Waals surface area contributed by atoms with Crippen LogP contribution in [-0.2, 0) is 0 Å². The molecule has 3 atom stereocenters. The second kappa shape index (κ2) is 4.99. The zero-order valence-electron chi connectivity index (χ0n) is 9.93. The zero-order valence-corrected chi connectivity index (χ0v) is 9.93. The Hall–Kier alpha value is -0.540. The van der Waals surface area contributed by atoms with Crippen LogP contribution in [0.4, 0.5) is 17.6 Å². The number of allylic oxidation sites excluding steroid dienone is 2. The minimum atomic E-state index is -2.03. The molecule has 2 rings (SSSR count). The molecule has 0 aromatic carbocycles. The van der Waals surface area contributed by atoms with Crippen LogP contribution in [0.5, 0.6) is 0 Å². The van der Waals surface area contributed by atoms with E-state index in [9.17, 15) is 17.6 Å². The van der Waals surface area contributed by atoms with Gasteiger partial charge >= 0.3 is 0 Å². The van der Waals surface area contributed by atoms with E-state index < -0.39 is 24.4 Å². The quantitative estimate of drug-likeness (QED) is 0.603. The molecule has 98 valence electrons. The standard InChI is InChI=1S/C13H18F4/c1-7-2-3-9(10(14)4-7)8-5-11(15)13(17)12(16)6-8/h7-8,11-13H,2-6H2,1H3/t7-,8?,11?,12?,13?/m0/s1. The van der Waals surface area contributed by atoms with Gasteiger partial charge in [0, 0.05) is 6.42 Å². The van der Waals surface area contributed by atoms with Crippen LogP contribution in [0.25, 0.3) is 0 Å². The Kier molecular flexibility index (Phi) is 3.79. The van der Waals surface area contributed by atoms with Gasteiger partial charge in [0.15, 0.2) is 6.17 Å². The average Bonchev–Trinajstić information content (AvgIpc) is 2.25. The molecule has 0 aromatic rings. The number of alkyl halides is 3. The van der Waals surface area contributed by atoms with Gasteiger partial charge in [-0.2, -0.15) is 0 Å². The molecule has 2 unspecified atom stereocenters. The molecule has 17 heavy (non-hydrogen) atoms. The third-order valence-corrected chi connectivity index (χ3v) is 3.99. The molecule has 0 aromatic heterocycles. The van der Waals surface area contributed by atoms with Crippen LogP contribution in [0.2, 0.25) is 0 Å². The topological polar surface area (TPSA) is 0 Å². The van der Waals surface area contributed by atoms with E-state index in [1.54, 1.807) is 0 Å². The highest BCUT2D eigenvalue weighted by molar-refractivity contribution is 5.17. The van der Waals surface area contributed by atoms with Crippen LogP contribution >= 0.6 is 0 Å². The molecule has 0 spiro atoms.